The van der Waals surface area contributed by atoms with Crippen molar-refractivity contribution in [3.63, 3.8) is 0 Å². The highest BCUT2D eigenvalue weighted by Crippen LogP contribution is 2.45. The summed E-state index contributed by atoms with van der Waals surface area (Å²) < 4.78 is 6.10. The number of hydrogen-bond donors (Lipinski definition) is 1. The Morgan fingerprint density at radius 3 is 2.62 bits per heavy atom. The van der Waals surface area contributed by atoms with Crippen molar-refractivity contribution >= 4 is 67.1 Å². The topological polar surface area (TPSA) is 79.7 Å². The number of aliphatic hydroxyl groups excluding tert-OH is 1. The Labute approximate surface area is 196 Å². The molecule has 1 fully saturated rings. The number of methoxy groups -OCH3 is 1. The zero-order chi connectivity index (χ0) is 22.4. The summed E-state index contributed by atoms with van der Waals surface area (Å²) in [5, 5.41) is 13.8. The predicted molar refractivity (Wildman–Crippen MR) is 127 cm³/mol. The average molecular weight is 483 g/mol. The molecule has 160 valence electrons. The molecule has 4 aromatic rings. The fraction of sp³-hybridized carbons (Fsp3) is 0.0870. The molecule has 1 unspecified atom stereocenters. The fourth-order valence-corrected chi connectivity index (χ4v) is 5.60. The summed E-state index contributed by atoms with van der Waals surface area (Å²) in [7, 11) is 1.58. The lowest BCUT2D eigenvalue weighted by atomic mass is 10.00. The van der Waals surface area contributed by atoms with Gasteiger partial charge in [0.2, 0.25) is 0 Å². The van der Waals surface area contributed by atoms with Gasteiger partial charge in [-0.05, 0) is 53.9 Å². The van der Waals surface area contributed by atoms with Crippen molar-refractivity contribution in [1.29, 1.82) is 0 Å². The number of carbonyl (C=O) groups is 2. The molecule has 0 spiro atoms. The first-order chi connectivity index (χ1) is 15.5. The maximum Gasteiger partial charge on any atom is 0.301 e. The highest BCUT2D eigenvalue weighted by Gasteiger charge is 2.48. The van der Waals surface area contributed by atoms with Crippen molar-refractivity contribution in [2.45, 2.75) is 6.04 Å². The number of fused-ring (bicyclic) bond motifs is 1. The number of Topliss-reactive ketones (excluding diaryl/α,β-unsaturated/α-hetero) is 1. The molecule has 0 aliphatic carbocycles. The van der Waals surface area contributed by atoms with Crippen LogP contribution in [0.1, 0.15) is 16.5 Å². The number of ketones is 1. The van der Waals surface area contributed by atoms with Crippen LogP contribution in [0.25, 0.3) is 16.0 Å². The largest absolute Gasteiger partial charge is 0.507 e. The number of rotatable bonds is 4. The van der Waals surface area contributed by atoms with E-state index < -0.39 is 17.7 Å². The minimum Gasteiger partial charge on any atom is -0.507 e. The smallest absolute Gasteiger partial charge is 0.301 e. The molecule has 6 nitrogen and oxygen atoms in total. The number of nitrogens with zero attached hydrogens (tertiary/aromatic N) is 2. The van der Waals surface area contributed by atoms with Gasteiger partial charge in [-0.2, -0.15) is 0 Å². The minimum absolute atomic E-state index is 0.0246. The van der Waals surface area contributed by atoms with Gasteiger partial charge in [0.05, 0.1) is 22.9 Å². The highest BCUT2D eigenvalue weighted by molar-refractivity contribution is 7.22. The average Bonchev–Trinajstić information content (AvgIpc) is 3.52. The first kappa shape index (κ1) is 20.7. The SMILES string of the molecule is COc1ccc2nc(N3C(=O)C(=O)/C(=C(/O)c4ccc(Cl)cc4)C3c3cccs3)sc2c1. The van der Waals surface area contributed by atoms with Gasteiger partial charge in [0, 0.05) is 15.5 Å². The van der Waals surface area contributed by atoms with Gasteiger partial charge in [0.25, 0.3) is 5.78 Å². The number of ether oxygens (including phenoxy) is 1. The second kappa shape index (κ2) is 8.05. The lowest BCUT2D eigenvalue weighted by Gasteiger charge is -2.21. The van der Waals surface area contributed by atoms with Gasteiger partial charge in [0.15, 0.2) is 5.13 Å². The fourth-order valence-electron chi connectivity index (χ4n) is 3.63. The number of aliphatic hydroxyl groups is 1. The Bertz CT molecular complexity index is 1380. The molecule has 1 amide bonds. The normalized spacial score (nSPS) is 17.9. The molecule has 0 saturated carbocycles. The van der Waals surface area contributed by atoms with Crippen LogP contribution >= 0.6 is 34.3 Å². The number of carbonyl (C=O) groups excluding carboxylic acids is 2. The maximum absolute atomic E-state index is 13.2. The van der Waals surface area contributed by atoms with Gasteiger partial charge >= 0.3 is 5.91 Å². The molecule has 9 heteroatoms. The monoisotopic (exact) mass is 482 g/mol. The molecule has 1 saturated heterocycles. The third kappa shape index (κ3) is 3.37. The van der Waals surface area contributed by atoms with Crippen LogP contribution < -0.4 is 9.64 Å². The first-order valence-electron chi connectivity index (χ1n) is 9.53. The van der Waals surface area contributed by atoms with Gasteiger partial charge in [-0.15, -0.1) is 11.3 Å². The minimum atomic E-state index is -0.784. The van der Waals surface area contributed by atoms with E-state index in [-0.39, 0.29) is 11.3 Å². The van der Waals surface area contributed by atoms with Crippen molar-refractivity contribution in [3.05, 3.63) is 81.0 Å². The number of amides is 1. The van der Waals surface area contributed by atoms with E-state index in [1.165, 1.54) is 27.6 Å². The number of anilines is 1. The van der Waals surface area contributed by atoms with E-state index in [1.54, 1.807) is 43.5 Å². The number of thiazole rings is 1. The second-order valence-electron chi connectivity index (χ2n) is 7.02. The van der Waals surface area contributed by atoms with Crippen molar-refractivity contribution in [2.75, 3.05) is 12.0 Å². The number of halogens is 1. The standard InChI is InChI=1S/C23H15ClN2O4S2/c1-30-14-8-9-15-17(11-14)32-23(25-15)26-19(16-3-2-10-31-16)18(21(28)22(26)29)20(27)12-4-6-13(24)7-5-12/h2-11,19,27H,1H3/b20-18+. The molecule has 1 atom stereocenters. The van der Waals surface area contributed by atoms with Gasteiger partial charge in [-0.3, -0.25) is 14.5 Å². The van der Waals surface area contributed by atoms with E-state index in [9.17, 15) is 14.7 Å². The van der Waals surface area contributed by atoms with E-state index in [4.69, 9.17) is 16.3 Å². The molecular formula is C23H15ClN2O4S2. The summed E-state index contributed by atoms with van der Waals surface area (Å²) in [6, 6.07) is 14.8. The number of thiophene rings is 1. The quantitative estimate of drug-likeness (QED) is 0.231. The lowest BCUT2D eigenvalue weighted by Crippen LogP contribution is -2.28. The van der Waals surface area contributed by atoms with Gasteiger partial charge in [-0.1, -0.05) is 29.0 Å². The van der Waals surface area contributed by atoms with Crippen LogP contribution in [0.3, 0.4) is 0 Å². The second-order valence-corrected chi connectivity index (χ2v) is 9.45. The van der Waals surface area contributed by atoms with Crippen molar-refractivity contribution in [2.24, 2.45) is 0 Å². The van der Waals surface area contributed by atoms with Crippen LogP contribution in [0.15, 0.2) is 65.6 Å². The highest BCUT2D eigenvalue weighted by atomic mass is 35.5. The van der Waals surface area contributed by atoms with Crippen LogP contribution in [0, 0.1) is 0 Å². The molecule has 2 aromatic heterocycles. The molecule has 0 radical (unpaired) electrons. The summed E-state index contributed by atoms with van der Waals surface area (Å²) in [6.07, 6.45) is 0. The van der Waals surface area contributed by atoms with Gasteiger partial charge in [-0.25, -0.2) is 4.98 Å². The molecule has 0 bridgehead atoms. The molecule has 32 heavy (non-hydrogen) atoms. The first-order valence-corrected chi connectivity index (χ1v) is 11.6. The molecular weight excluding hydrogens is 468 g/mol. The molecule has 1 aliphatic rings. The number of aromatic nitrogens is 1. The van der Waals surface area contributed by atoms with Crippen LogP contribution in [0.4, 0.5) is 5.13 Å². The molecule has 5 rings (SSSR count). The Morgan fingerprint density at radius 1 is 1.16 bits per heavy atom. The van der Waals surface area contributed by atoms with Crippen molar-refractivity contribution in [1.82, 2.24) is 4.98 Å². The lowest BCUT2D eigenvalue weighted by molar-refractivity contribution is -0.132. The Morgan fingerprint density at radius 2 is 1.94 bits per heavy atom. The van der Waals surface area contributed by atoms with Crippen molar-refractivity contribution in [3.8, 4) is 5.75 Å². The summed E-state index contributed by atoms with van der Waals surface area (Å²) >= 11 is 8.65. The summed E-state index contributed by atoms with van der Waals surface area (Å²) in [4.78, 5) is 33.0. The van der Waals surface area contributed by atoms with E-state index in [1.807, 2.05) is 23.6 Å². The molecule has 3 heterocycles. The zero-order valence-electron chi connectivity index (χ0n) is 16.6. The summed E-state index contributed by atoms with van der Waals surface area (Å²) in [5.41, 5.74) is 1.12. The van der Waals surface area contributed by atoms with E-state index in [0.717, 1.165) is 9.58 Å². The summed E-state index contributed by atoms with van der Waals surface area (Å²) in [5.74, 6) is -1.06. The van der Waals surface area contributed by atoms with E-state index in [0.29, 0.717) is 27.0 Å². The zero-order valence-corrected chi connectivity index (χ0v) is 19.0. The maximum atomic E-state index is 13.2. The van der Waals surface area contributed by atoms with Gasteiger partial charge in [0.1, 0.15) is 17.6 Å². The Hall–Kier alpha value is -3.20. The molecule has 1 N–H and O–H groups in total. The number of hydrogen-bond acceptors (Lipinski definition) is 7. The van der Waals surface area contributed by atoms with Crippen LogP contribution in [-0.2, 0) is 9.59 Å². The van der Waals surface area contributed by atoms with E-state index >= 15 is 0 Å². The predicted octanol–water partition coefficient (Wildman–Crippen LogP) is 5.65. The van der Waals surface area contributed by atoms with Gasteiger partial charge < -0.3 is 9.84 Å². The van der Waals surface area contributed by atoms with Crippen LogP contribution in [-0.4, -0.2) is 28.9 Å². The molecule has 1 aliphatic heterocycles. The molecule has 2 aromatic carbocycles. The Kier molecular flexibility index (Phi) is 5.21. The van der Waals surface area contributed by atoms with Crippen molar-refractivity contribution < 1.29 is 19.4 Å². The Balaban J connectivity index is 1.69. The third-order valence-electron chi connectivity index (χ3n) is 5.17. The van der Waals surface area contributed by atoms with Crippen LogP contribution in [0.2, 0.25) is 5.02 Å². The van der Waals surface area contributed by atoms with E-state index in [2.05, 4.69) is 4.98 Å². The van der Waals surface area contributed by atoms with Crippen LogP contribution in [0.5, 0.6) is 5.75 Å². The third-order valence-corrected chi connectivity index (χ3v) is 7.36. The summed E-state index contributed by atoms with van der Waals surface area (Å²) in [6.45, 7) is 0. The number of benzene rings is 2.